The van der Waals surface area contributed by atoms with Crippen LogP contribution in [0.4, 0.5) is 23.2 Å². The van der Waals surface area contributed by atoms with Gasteiger partial charge in [0.15, 0.2) is 0 Å². The van der Waals surface area contributed by atoms with Crippen molar-refractivity contribution in [3.05, 3.63) is 75.0 Å². The van der Waals surface area contributed by atoms with E-state index in [0.717, 1.165) is 18.2 Å². The standard InChI is InChI=1S/C22H19F4N3O3/c23-18-8-17-14(6-16(11-30)28-21(17)32)7-19(18)27-9-20(31)29-4-3-12-5-15(22(24,25)26)2-1-13(12)10-29/h1-2,5-8,27,30H,3-4,9-11H2,(H,28,32). The average Bonchev–Trinajstić information content (AvgIpc) is 2.76. The number of nitrogens with zero attached hydrogens (tertiary/aromatic N) is 1. The summed E-state index contributed by atoms with van der Waals surface area (Å²) >= 11 is 0. The summed E-state index contributed by atoms with van der Waals surface area (Å²) in [6, 6.07) is 7.44. The fourth-order valence-electron chi connectivity index (χ4n) is 3.79. The molecule has 1 amide bonds. The van der Waals surface area contributed by atoms with Gasteiger partial charge in [-0.1, -0.05) is 6.07 Å². The lowest BCUT2D eigenvalue weighted by Gasteiger charge is -2.29. The molecule has 3 N–H and O–H groups in total. The van der Waals surface area contributed by atoms with Crippen LogP contribution in [0.5, 0.6) is 0 Å². The number of nitrogens with one attached hydrogen (secondary N) is 2. The summed E-state index contributed by atoms with van der Waals surface area (Å²) in [5, 5.41) is 12.5. The van der Waals surface area contributed by atoms with Crippen LogP contribution in [-0.2, 0) is 30.5 Å². The van der Waals surface area contributed by atoms with E-state index in [-0.39, 0.29) is 48.9 Å². The first-order valence-corrected chi connectivity index (χ1v) is 9.82. The number of halogens is 4. The second-order valence-corrected chi connectivity index (χ2v) is 7.60. The van der Waals surface area contributed by atoms with Crippen molar-refractivity contribution in [1.29, 1.82) is 0 Å². The molecule has 0 unspecified atom stereocenters. The first kappa shape index (κ1) is 21.8. The molecule has 0 saturated carbocycles. The molecule has 6 nitrogen and oxygen atoms in total. The highest BCUT2D eigenvalue weighted by atomic mass is 19.4. The maximum Gasteiger partial charge on any atom is 0.416 e. The number of alkyl halides is 3. The maximum absolute atomic E-state index is 14.4. The number of carbonyl (C=O) groups excluding carboxylic acids is 1. The molecular formula is C22H19F4N3O3. The fraction of sp³-hybridized carbons (Fsp3) is 0.273. The predicted molar refractivity (Wildman–Crippen MR) is 110 cm³/mol. The number of fused-ring (bicyclic) bond motifs is 2. The number of aliphatic hydroxyl groups is 1. The van der Waals surface area contributed by atoms with Crippen LogP contribution in [0.1, 0.15) is 22.4 Å². The molecule has 0 atom stereocenters. The molecule has 0 aliphatic carbocycles. The summed E-state index contributed by atoms with van der Waals surface area (Å²) < 4.78 is 53.1. The molecule has 3 aromatic rings. The van der Waals surface area contributed by atoms with E-state index in [4.69, 9.17) is 0 Å². The molecule has 2 aromatic carbocycles. The molecular weight excluding hydrogens is 430 g/mol. The Bertz CT molecular complexity index is 1250. The van der Waals surface area contributed by atoms with Gasteiger partial charge in [-0.05, 0) is 53.3 Å². The Balaban J connectivity index is 1.47. The molecule has 32 heavy (non-hydrogen) atoms. The maximum atomic E-state index is 14.4. The van der Waals surface area contributed by atoms with Crippen molar-refractivity contribution in [1.82, 2.24) is 9.88 Å². The van der Waals surface area contributed by atoms with Crippen molar-refractivity contribution in [2.24, 2.45) is 0 Å². The van der Waals surface area contributed by atoms with Crippen LogP contribution in [0, 0.1) is 5.82 Å². The van der Waals surface area contributed by atoms with Crippen molar-refractivity contribution in [3.8, 4) is 0 Å². The van der Waals surface area contributed by atoms with E-state index < -0.39 is 23.1 Å². The van der Waals surface area contributed by atoms with Crippen molar-refractivity contribution in [2.45, 2.75) is 25.7 Å². The highest BCUT2D eigenvalue weighted by molar-refractivity contribution is 5.87. The Kier molecular flexibility index (Phi) is 5.64. The Morgan fingerprint density at radius 2 is 1.94 bits per heavy atom. The zero-order valence-electron chi connectivity index (χ0n) is 16.7. The fourth-order valence-corrected chi connectivity index (χ4v) is 3.79. The van der Waals surface area contributed by atoms with E-state index in [1.165, 1.54) is 23.1 Å². The van der Waals surface area contributed by atoms with Gasteiger partial charge in [0.2, 0.25) is 5.91 Å². The average molecular weight is 449 g/mol. The van der Waals surface area contributed by atoms with Gasteiger partial charge in [0.25, 0.3) is 5.56 Å². The predicted octanol–water partition coefficient (Wildman–Crippen LogP) is 3.18. The van der Waals surface area contributed by atoms with E-state index in [1.807, 2.05) is 0 Å². The van der Waals surface area contributed by atoms with E-state index in [2.05, 4.69) is 10.3 Å². The van der Waals surface area contributed by atoms with Crippen molar-refractivity contribution in [3.63, 3.8) is 0 Å². The number of H-pyrrole nitrogens is 1. The summed E-state index contributed by atoms with van der Waals surface area (Å²) in [5.74, 6) is -1.05. The number of pyridine rings is 1. The van der Waals surface area contributed by atoms with Gasteiger partial charge < -0.3 is 20.3 Å². The summed E-state index contributed by atoms with van der Waals surface area (Å²) in [6.45, 7) is -0.188. The molecule has 10 heteroatoms. The molecule has 0 bridgehead atoms. The minimum absolute atomic E-state index is 0.0209. The highest BCUT2D eigenvalue weighted by Crippen LogP contribution is 2.32. The van der Waals surface area contributed by atoms with Gasteiger partial charge in [-0.15, -0.1) is 0 Å². The number of aromatic nitrogens is 1. The third kappa shape index (κ3) is 4.31. The van der Waals surface area contributed by atoms with Gasteiger partial charge in [-0.25, -0.2) is 4.39 Å². The van der Waals surface area contributed by atoms with Crippen LogP contribution >= 0.6 is 0 Å². The normalized spacial score (nSPS) is 13.8. The number of amides is 1. The topological polar surface area (TPSA) is 85.4 Å². The molecule has 0 fully saturated rings. The van der Waals surface area contributed by atoms with Gasteiger partial charge in [-0.2, -0.15) is 13.2 Å². The molecule has 168 valence electrons. The number of anilines is 1. The van der Waals surface area contributed by atoms with Crippen LogP contribution in [0.15, 0.2) is 41.2 Å². The lowest BCUT2D eigenvalue weighted by molar-refractivity contribution is -0.137. The highest BCUT2D eigenvalue weighted by Gasteiger charge is 2.32. The molecule has 4 rings (SSSR count). The lowest BCUT2D eigenvalue weighted by atomic mass is 9.97. The molecule has 1 aliphatic heterocycles. The minimum atomic E-state index is -4.42. The molecule has 1 aromatic heterocycles. The third-order valence-corrected chi connectivity index (χ3v) is 5.49. The first-order valence-electron chi connectivity index (χ1n) is 9.82. The quantitative estimate of drug-likeness (QED) is 0.535. The van der Waals surface area contributed by atoms with Crippen LogP contribution in [-0.4, -0.2) is 34.0 Å². The van der Waals surface area contributed by atoms with Gasteiger partial charge in [0, 0.05) is 18.8 Å². The number of aliphatic hydroxyl groups excluding tert-OH is 1. The van der Waals surface area contributed by atoms with Crippen molar-refractivity contribution in [2.75, 3.05) is 18.4 Å². The second-order valence-electron chi connectivity index (χ2n) is 7.60. The molecule has 0 radical (unpaired) electrons. The SMILES string of the molecule is O=C(CNc1cc2cc(CO)[nH]c(=O)c2cc1F)N1CCc2cc(C(F)(F)F)ccc2C1. The van der Waals surface area contributed by atoms with Crippen LogP contribution in [0.3, 0.4) is 0 Å². The Labute approximate surface area is 179 Å². The second kappa shape index (κ2) is 8.27. The Morgan fingerprint density at radius 1 is 1.16 bits per heavy atom. The number of hydrogen-bond acceptors (Lipinski definition) is 4. The number of hydrogen-bond donors (Lipinski definition) is 3. The number of aromatic amines is 1. The number of benzene rings is 2. The van der Waals surface area contributed by atoms with Crippen LogP contribution < -0.4 is 10.9 Å². The first-order chi connectivity index (χ1) is 15.2. The summed E-state index contributed by atoms with van der Waals surface area (Å²) in [4.78, 5) is 28.5. The monoisotopic (exact) mass is 449 g/mol. The van der Waals surface area contributed by atoms with Crippen LogP contribution in [0.2, 0.25) is 0 Å². The zero-order chi connectivity index (χ0) is 23.0. The largest absolute Gasteiger partial charge is 0.416 e. The van der Waals surface area contributed by atoms with E-state index in [0.29, 0.717) is 22.9 Å². The van der Waals surface area contributed by atoms with Crippen LogP contribution in [0.25, 0.3) is 10.8 Å². The summed E-state index contributed by atoms with van der Waals surface area (Å²) in [7, 11) is 0. The van der Waals surface area contributed by atoms with Gasteiger partial charge >= 0.3 is 6.18 Å². The molecule has 1 aliphatic rings. The number of rotatable bonds is 4. The minimum Gasteiger partial charge on any atom is -0.390 e. The Morgan fingerprint density at radius 3 is 2.66 bits per heavy atom. The molecule has 2 heterocycles. The summed E-state index contributed by atoms with van der Waals surface area (Å²) in [6.07, 6.45) is -4.12. The van der Waals surface area contributed by atoms with Gasteiger partial charge in [0.1, 0.15) is 5.82 Å². The van der Waals surface area contributed by atoms with E-state index in [9.17, 15) is 32.3 Å². The summed E-state index contributed by atoms with van der Waals surface area (Å²) in [5.41, 5.74) is 0.248. The van der Waals surface area contributed by atoms with E-state index >= 15 is 0 Å². The van der Waals surface area contributed by atoms with Crippen molar-refractivity contribution >= 4 is 22.4 Å². The van der Waals surface area contributed by atoms with E-state index in [1.54, 1.807) is 0 Å². The van der Waals surface area contributed by atoms with Gasteiger partial charge in [0.05, 0.1) is 29.8 Å². The number of carbonyl (C=O) groups is 1. The lowest BCUT2D eigenvalue weighted by Crippen LogP contribution is -2.39. The third-order valence-electron chi connectivity index (χ3n) is 5.49. The zero-order valence-corrected chi connectivity index (χ0v) is 16.7. The van der Waals surface area contributed by atoms with Gasteiger partial charge in [-0.3, -0.25) is 9.59 Å². The molecule has 0 saturated heterocycles. The smallest absolute Gasteiger partial charge is 0.390 e. The molecule has 0 spiro atoms. The van der Waals surface area contributed by atoms with Crippen molar-refractivity contribution < 1.29 is 27.5 Å². The Hall–Kier alpha value is -3.40.